The molecule has 0 saturated heterocycles. The molecule has 0 bridgehead atoms. The lowest BCUT2D eigenvalue weighted by Gasteiger charge is -1.92. The van der Waals surface area contributed by atoms with Crippen molar-refractivity contribution >= 4 is 10.8 Å². The van der Waals surface area contributed by atoms with Gasteiger partial charge in [0.2, 0.25) is 0 Å². The lowest BCUT2D eigenvalue weighted by Crippen LogP contribution is -1.85. The Morgan fingerprint density at radius 2 is 1.00 bits per heavy atom. The van der Waals surface area contributed by atoms with E-state index < -0.39 is 0 Å². The van der Waals surface area contributed by atoms with Gasteiger partial charge in [-0.05, 0) is 24.6 Å². The normalized spacial score (nSPS) is 9.71. The number of rotatable bonds is 0. The van der Waals surface area contributed by atoms with Crippen LogP contribution in [0.25, 0.3) is 10.8 Å². The Labute approximate surface area is 85.0 Å². The van der Waals surface area contributed by atoms with Gasteiger partial charge in [-0.1, -0.05) is 48.5 Å². The van der Waals surface area contributed by atoms with Gasteiger partial charge in [0, 0.05) is 6.10 Å². The molecule has 1 heteroatoms. The summed E-state index contributed by atoms with van der Waals surface area (Å²) >= 11 is 0. The Bertz CT molecular complexity index is 311. The molecule has 0 aliphatic heterocycles. The molecule has 0 fully saturated rings. The highest BCUT2D eigenvalue weighted by Gasteiger charge is 1.85. The largest absolute Gasteiger partial charge is 0.394 e. The molecule has 0 aliphatic carbocycles. The summed E-state index contributed by atoms with van der Waals surface area (Å²) in [7, 11) is 0. The van der Waals surface area contributed by atoms with Crippen LogP contribution in [0.15, 0.2) is 48.5 Å². The van der Waals surface area contributed by atoms with Gasteiger partial charge in [-0.25, -0.2) is 0 Å². The van der Waals surface area contributed by atoms with E-state index in [0.29, 0.717) is 0 Å². The molecule has 1 nitrogen and oxygen atoms in total. The third-order valence-electron chi connectivity index (χ3n) is 1.66. The van der Waals surface area contributed by atoms with Gasteiger partial charge >= 0.3 is 0 Å². The average Bonchev–Trinajstić information content (AvgIpc) is 2.17. The summed E-state index contributed by atoms with van der Waals surface area (Å²) in [6, 6.07) is 16.7. The van der Waals surface area contributed by atoms with Gasteiger partial charge in [-0.15, -0.1) is 0 Å². The standard InChI is InChI=1S/C10H8.C3H8O/c1-2-6-10-8-4-3-7-9(10)5-1;1-3(2)4/h1-8H;3-4H,1-2H3. The molecule has 0 saturated carbocycles. The van der Waals surface area contributed by atoms with Crippen LogP contribution in [-0.2, 0) is 0 Å². The first-order valence-electron chi connectivity index (χ1n) is 4.82. The number of benzene rings is 2. The summed E-state index contributed by atoms with van der Waals surface area (Å²) in [6.45, 7) is 3.44. The first-order chi connectivity index (χ1) is 6.70. The zero-order valence-corrected chi connectivity index (χ0v) is 8.64. The van der Waals surface area contributed by atoms with Gasteiger partial charge in [0.25, 0.3) is 0 Å². The molecule has 0 radical (unpaired) electrons. The predicted octanol–water partition coefficient (Wildman–Crippen LogP) is 3.23. The Hall–Kier alpha value is -1.34. The lowest BCUT2D eigenvalue weighted by atomic mass is 10.1. The Balaban J connectivity index is 0.000000213. The number of aliphatic hydroxyl groups is 1. The SMILES string of the molecule is CC(C)O.c1ccc2ccccc2c1. The van der Waals surface area contributed by atoms with Gasteiger partial charge in [0.1, 0.15) is 0 Å². The van der Waals surface area contributed by atoms with Gasteiger partial charge in [-0.2, -0.15) is 0 Å². The third-order valence-corrected chi connectivity index (χ3v) is 1.66. The van der Waals surface area contributed by atoms with Crippen LogP contribution in [0.5, 0.6) is 0 Å². The number of aliphatic hydroxyl groups excluding tert-OH is 1. The molecule has 0 atom stereocenters. The third kappa shape index (κ3) is 3.58. The molecule has 0 heterocycles. The van der Waals surface area contributed by atoms with Crippen molar-refractivity contribution in [2.45, 2.75) is 20.0 Å². The molecule has 1 N–H and O–H groups in total. The topological polar surface area (TPSA) is 20.2 Å². The first-order valence-corrected chi connectivity index (χ1v) is 4.82. The summed E-state index contributed by atoms with van der Waals surface area (Å²) in [5.74, 6) is 0. The van der Waals surface area contributed by atoms with Crippen molar-refractivity contribution in [3.63, 3.8) is 0 Å². The van der Waals surface area contributed by atoms with Crippen molar-refractivity contribution < 1.29 is 5.11 Å². The second kappa shape index (κ2) is 5.40. The summed E-state index contributed by atoms with van der Waals surface area (Å²) in [4.78, 5) is 0. The van der Waals surface area contributed by atoms with Gasteiger partial charge in [-0.3, -0.25) is 0 Å². The molecule has 0 amide bonds. The van der Waals surface area contributed by atoms with E-state index in [1.807, 2.05) is 0 Å². The van der Waals surface area contributed by atoms with Crippen LogP contribution in [0, 0.1) is 0 Å². The van der Waals surface area contributed by atoms with E-state index in [1.165, 1.54) is 10.8 Å². The zero-order chi connectivity index (χ0) is 10.4. The maximum absolute atomic E-state index is 8.06. The molecule has 74 valence electrons. The van der Waals surface area contributed by atoms with Crippen LogP contribution in [-0.4, -0.2) is 11.2 Å². The highest BCUT2D eigenvalue weighted by Crippen LogP contribution is 2.11. The Morgan fingerprint density at radius 3 is 1.21 bits per heavy atom. The summed E-state index contributed by atoms with van der Waals surface area (Å²) < 4.78 is 0. The minimum Gasteiger partial charge on any atom is -0.394 e. The molecular formula is C13H16O. The fourth-order valence-corrected chi connectivity index (χ4v) is 1.13. The molecular weight excluding hydrogens is 172 g/mol. The minimum atomic E-state index is -0.167. The van der Waals surface area contributed by atoms with E-state index in [2.05, 4.69) is 48.5 Å². The van der Waals surface area contributed by atoms with Gasteiger partial charge in [0.15, 0.2) is 0 Å². The molecule has 0 unspecified atom stereocenters. The van der Waals surface area contributed by atoms with E-state index in [9.17, 15) is 0 Å². The highest BCUT2D eigenvalue weighted by molar-refractivity contribution is 5.81. The molecule has 0 aromatic heterocycles. The van der Waals surface area contributed by atoms with Crippen molar-refractivity contribution in [3.8, 4) is 0 Å². The maximum Gasteiger partial charge on any atom is 0.0483 e. The molecule has 0 spiro atoms. The van der Waals surface area contributed by atoms with Crippen molar-refractivity contribution in [1.82, 2.24) is 0 Å². The fraction of sp³-hybridized carbons (Fsp3) is 0.231. The minimum absolute atomic E-state index is 0.167. The second-order valence-electron chi connectivity index (χ2n) is 3.44. The van der Waals surface area contributed by atoms with Gasteiger partial charge < -0.3 is 5.11 Å². The van der Waals surface area contributed by atoms with Crippen molar-refractivity contribution in [3.05, 3.63) is 48.5 Å². The predicted molar refractivity (Wildman–Crippen MR) is 61.3 cm³/mol. The fourth-order valence-electron chi connectivity index (χ4n) is 1.13. The van der Waals surface area contributed by atoms with Crippen molar-refractivity contribution in [2.24, 2.45) is 0 Å². The smallest absolute Gasteiger partial charge is 0.0483 e. The van der Waals surface area contributed by atoms with Crippen LogP contribution >= 0.6 is 0 Å². The van der Waals surface area contributed by atoms with Crippen LogP contribution in [0.1, 0.15) is 13.8 Å². The van der Waals surface area contributed by atoms with E-state index in [1.54, 1.807) is 13.8 Å². The molecule has 2 aromatic carbocycles. The quantitative estimate of drug-likeness (QED) is 0.673. The van der Waals surface area contributed by atoms with Crippen LogP contribution < -0.4 is 0 Å². The van der Waals surface area contributed by atoms with Gasteiger partial charge in [0.05, 0.1) is 0 Å². The van der Waals surface area contributed by atoms with Crippen molar-refractivity contribution in [2.75, 3.05) is 0 Å². The average molecular weight is 188 g/mol. The number of fused-ring (bicyclic) bond motifs is 1. The molecule has 2 rings (SSSR count). The summed E-state index contributed by atoms with van der Waals surface area (Å²) in [5.41, 5.74) is 0. The van der Waals surface area contributed by atoms with Crippen molar-refractivity contribution in [1.29, 1.82) is 0 Å². The monoisotopic (exact) mass is 188 g/mol. The number of hydrogen-bond donors (Lipinski definition) is 1. The first kappa shape index (κ1) is 10.7. The van der Waals surface area contributed by atoms with E-state index in [0.717, 1.165) is 0 Å². The number of hydrogen-bond acceptors (Lipinski definition) is 1. The second-order valence-corrected chi connectivity index (χ2v) is 3.44. The lowest BCUT2D eigenvalue weighted by molar-refractivity contribution is 0.216. The Kier molecular flexibility index (Phi) is 4.14. The molecule has 14 heavy (non-hydrogen) atoms. The van der Waals surface area contributed by atoms with E-state index >= 15 is 0 Å². The Morgan fingerprint density at radius 1 is 0.786 bits per heavy atom. The van der Waals surface area contributed by atoms with Crippen LogP contribution in [0.2, 0.25) is 0 Å². The zero-order valence-electron chi connectivity index (χ0n) is 8.64. The van der Waals surface area contributed by atoms with Crippen LogP contribution in [0.3, 0.4) is 0 Å². The molecule has 0 aliphatic rings. The highest BCUT2D eigenvalue weighted by atomic mass is 16.3. The van der Waals surface area contributed by atoms with E-state index in [-0.39, 0.29) is 6.10 Å². The molecule has 2 aromatic rings. The van der Waals surface area contributed by atoms with E-state index in [4.69, 9.17) is 5.11 Å². The maximum atomic E-state index is 8.06. The summed E-state index contributed by atoms with van der Waals surface area (Å²) in [5, 5.41) is 10.7. The summed E-state index contributed by atoms with van der Waals surface area (Å²) in [6.07, 6.45) is -0.167. The van der Waals surface area contributed by atoms with Crippen LogP contribution in [0.4, 0.5) is 0 Å².